The molecule has 5 rings (SSSR count). The van der Waals surface area contributed by atoms with Crippen LogP contribution in [0.2, 0.25) is 0 Å². The van der Waals surface area contributed by atoms with Crippen LogP contribution in [0, 0.1) is 11.3 Å². The van der Waals surface area contributed by atoms with Crippen molar-refractivity contribution in [3.63, 3.8) is 0 Å². The number of hydrogen-bond donors (Lipinski definition) is 1. The molecule has 2 atom stereocenters. The minimum atomic E-state index is -0.459. The molecule has 0 amide bonds. The highest BCUT2D eigenvalue weighted by molar-refractivity contribution is 9.10. The number of carbonyl (C=O) groups is 1. The maximum atomic E-state index is 13.7. The van der Waals surface area contributed by atoms with Crippen molar-refractivity contribution < 1.29 is 9.53 Å². The van der Waals surface area contributed by atoms with Crippen molar-refractivity contribution in [3.8, 4) is 6.07 Å². The minimum Gasteiger partial charge on any atom is -0.383 e. The first-order valence-electron chi connectivity index (χ1n) is 11.2. The van der Waals surface area contributed by atoms with Gasteiger partial charge in [-0.2, -0.15) is 5.26 Å². The molecule has 2 aliphatic heterocycles. The molecule has 2 heterocycles. The predicted octanol–water partition coefficient (Wildman–Crippen LogP) is 4.19. The van der Waals surface area contributed by atoms with Crippen LogP contribution in [0.4, 0.5) is 0 Å². The molecule has 1 aliphatic carbocycles. The fraction of sp³-hybridized carbons (Fsp3) is 0.308. The second kappa shape index (κ2) is 9.14. The normalized spacial score (nSPS) is 24.0. The topological polar surface area (TPSA) is 82.6 Å². The van der Waals surface area contributed by atoms with E-state index in [0.29, 0.717) is 56.1 Å². The second-order valence-corrected chi connectivity index (χ2v) is 9.49. The van der Waals surface area contributed by atoms with Crippen LogP contribution in [0.1, 0.15) is 35.8 Å². The number of morpholine rings is 1. The number of rotatable bonds is 3. The molecule has 2 aromatic carbocycles. The van der Waals surface area contributed by atoms with Gasteiger partial charge in [0.15, 0.2) is 5.78 Å². The van der Waals surface area contributed by atoms with E-state index in [1.54, 1.807) is 0 Å². The smallest absolute Gasteiger partial charge is 0.162 e. The summed E-state index contributed by atoms with van der Waals surface area (Å²) >= 11 is 3.48. The molecule has 168 valence electrons. The average molecular weight is 505 g/mol. The van der Waals surface area contributed by atoms with Gasteiger partial charge in [0, 0.05) is 35.3 Å². The van der Waals surface area contributed by atoms with Gasteiger partial charge in [-0.3, -0.25) is 9.80 Å². The monoisotopic (exact) mass is 504 g/mol. The van der Waals surface area contributed by atoms with Crippen LogP contribution >= 0.6 is 15.9 Å². The van der Waals surface area contributed by atoms with Gasteiger partial charge in [0.1, 0.15) is 5.82 Å². The lowest BCUT2D eigenvalue weighted by atomic mass is 9.72. The number of nitrogens with two attached hydrogens (primary N) is 1. The van der Waals surface area contributed by atoms with Gasteiger partial charge < -0.3 is 10.5 Å². The van der Waals surface area contributed by atoms with Crippen LogP contribution < -0.4 is 5.73 Å². The van der Waals surface area contributed by atoms with Gasteiger partial charge >= 0.3 is 0 Å². The zero-order chi connectivity index (χ0) is 22.9. The Morgan fingerprint density at radius 1 is 1.00 bits per heavy atom. The van der Waals surface area contributed by atoms with Crippen molar-refractivity contribution in [1.82, 2.24) is 10.0 Å². The molecule has 2 aromatic rings. The molecule has 1 fully saturated rings. The molecule has 0 unspecified atom stereocenters. The summed E-state index contributed by atoms with van der Waals surface area (Å²) in [6, 6.07) is 20.3. The lowest BCUT2D eigenvalue weighted by molar-refractivity contribution is -0.117. The van der Waals surface area contributed by atoms with Crippen molar-refractivity contribution in [3.05, 3.63) is 92.9 Å². The first kappa shape index (κ1) is 21.9. The summed E-state index contributed by atoms with van der Waals surface area (Å²) < 4.78 is 6.50. The van der Waals surface area contributed by atoms with Gasteiger partial charge in [-0.1, -0.05) is 58.4 Å². The summed E-state index contributed by atoms with van der Waals surface area (Å²) in [5.41, 5.74) is 10.8. The van der Waals surface area contributed by atoms with E-state index in [1.807, 2.05) is 47.5 Å². The van der Waals surface area contributed by atoms with Crippen LogP contribution in [0.3, 0.4) is 0 Å². The van der Waals surface area contributed by atoms with Gasteiger partial charge in [-0.25, -0.2) is 5.01 Å². The molecule has 7 heteroatoms. The number of ketones is 1. The van der Waals surface area contributed by atoms with E-state index in [1.165, 1.54) is 0 Å². The van der Waals surface area contributed by atoms with Crippen molar-refractivity contribution in [2.75, 3.05) is 26.3 Å². The summed E-state index contributed by atoms with van der Waals surface area (Å²) in [5.74, 6) is 0.103. The molecule has 0 aromatic heterocycles. The summed E-state index contributed by atoms with van der Waals surface area (Å²) in [6.45, 7) is 2.48. The summed E-state index contributed by atoms with van der Waals surface area (Å²) in [7, 11) is 0. The Balaban J connectivity index is 1.66. The number of halogens is 1. The number of ether oxygens (including phenoxy) is 1. The van der Waals surface area contributed by atoms with Crippen molar-refractivity contribution in [2.45, 2.75) is 24.7 Å². The van der Waals surface area contributed by atoms with E-state index in [-0.39, 0.29) is 11.7 Å². The number of nitriles is 1. The van der Waals surface area contributed by atoms with Crippen molar-refractivity contribution in [1.29, 1.82) is 5.26 Å². The fourth-order valence-electron chi connectivity index (χ4n) is 5.14. The number of carbonyl (C=O) groups excluding carboxylic acids is 1. The van der Waals surface area contributed by atoms with Gasteiger partial charge in [-0.15, -0.1) is 0 Å². The lowest BCUT2D eigenvalue weighted by Crippen LogP contribution is -2.52. The average Bonchev–Trinajstić information content (AvgIpc) is 2.85. The van der Waals surface area contributed by atoms with E-state index >= 15 is 0 Å². The highest BCUT2D eigenvalue weighted by atomic mass is 79.9. The van der Waals surface area contributed by atoms with Crippen molar-refractivity contribution >= 4 is 21.7 Å². The first-order chi connectivity index (χ1) is 16.1. The molecular weight excluding hydrogens is 480 g/mol. The SMILES string of the molecule is N#CC1=C(N)N(N2CCOCC2)C2=C(C(=O)C[C@H](c3ccccc3)C2)[C@@H]1c1ccc(Br)cc1. The third-order valence-corrected chi connectivity index (χ3v) is 7.21. The predicted molar refractivity (Wildman–Crippen MR) is 128 cm³/mol. The molecule has 6 nitrogen and oxygen atoms in total. The van der Waals surface area contributed by atoms with E-state index in [4.69, 9.17) is 10.5 Å². The van der Waals surface area contributed by atoms with Crippen LogP contribution in [0.15, 0.2) is 81.7 Å². The van der Waals surface area contributed by atoms with Crippen molar-refractivity contribution in [2.24, 2.45) is 5.73 Å². The second-order valence-electron chi connectivity index (χ2n) is 8.57. The molecule has 33 heavy (non-hydrogen) atoms. The van der Waals surface area contributed by atoms with Crippen LogP contribution in [-0.4, -0.2) is 42.1 Å². The highest BCUT2D eigenvalue weighted by Crippen LogP contribution is 2.48. The molecule has 2 N–H and O–H groups in total. The first-order valence-corrected chi connectivity index (χ1v) is 12.0. The molecule has 0 spiro atoms. The molecule has 3 aliphatic rings. The largest absolute Gasteiger partial charge is 0.383 e. The van der Waals surface area contributed by atoms with E-state index in [9.17, 15) is 10.1 Å². The summed E-state index contributed by atoms with van der Waals surface area (Å²) in [6.07, 6.45) is 1.11. The molecule has 0 saturated carbocycles. The van der Waals surface area contributed by atoms with Gasteiger partial charge in [0.25, 0.3) is 0 Å². The Kier molecular flexibility index (Phi) is 6.07. The lowest BCUT2D eigenvalue weighted by Gasteiger charge is -2.47. The highest BCUT2D eigenvalue weighted by Gasteiger charge is 2.44. The Hall–Kier alpha value is -2.92. The Labute approximate surface area is 202 Å². The van der Waals surface area contributed by atoms with E-state index in [2.05, 4.69) is 39.1 Å². The number of hydrazine groups is 1. The van der Waals surface area contributed by atoms with E-state index in [0.717, 1.165) is 21.3 Å². The summed E-state index contributed by atoms with van der Waals surface area (Å²) in [5, 5.41) is 14.2. The number of hydrogen-bond acceptors (Lipinski definition) is 6. The zero-order valence-electron chi connectivity index (χ0n) is 18.2. The van der Waals surface area contributed by atoms with Gasteiger partial charge in [-0.05, 0) is 35.6 Å². The molecular formula is C26H25BrN4O2. The van der Waals surface area contributed by atoms with E-state index < -0.39 is 5.92 Å². The van der Waals surface area contributed by atoms with Gasteiger partial charge in [0.05, 0.1) is 30.8 Å². The Bertz CT molecular complexity index is 1160. The number of allylic oxidation sites excluding steroid dienone is 3. The fourth-order valence-corrected chi connectivity index (χ4v) is 5.40. The van der Waals surface area contributed by atoms with Crippen LogP contribution in [0.25, 0.3) is 0 Å². The third kappa shape index (κ3) is 3.99. The Morgan fingerprint density at radius 3 is 2.36 bits per heavy atom. The molecule has 0 radical (unpaired) electrons. The maximum Gasteiger partial charge on any atom is 0.162 e. The number of nitrogens with zero attached hydrogens (tertiary/aromatic N) is 3. The maximum absolute atomic E-state index is 13.7. The third-order valence-electron chi connectivity index (χ3n) is 6.69. The van der Waals surface area contributed by atoms with Gasteiger partial charge in [0.2, 0.25) is 0 Å². The van der Waals surface area contributed by atoms with Crippen LogP contribution in [-0.2, 0) is 9.53 Å². The summed E-state index contributed by atoms with van der Waals surface area (Å²) in [4.78, 5) is 13.7. The number of Topliss-reactive ketones (excluding diaryl/α,β-unsaturated/α-hetero) is 1. The number of benzene rings is 2. The molecule has 1 saturated heterocycles. The standard InChI is InChI=1S/C26H25BrN4O2/c27-20-8-6-18(7-9-20)24-21(16-28)26(29)31(30-10-12-33-13-11-30)22-14-19(15-23(32)25(22)24)17-4-2-1-3-5-17/h1-9,19,24H,10-15,29H2/t19-,24-/m1/s1. The quantitative estimate of drug-likeness (QED) is 0.674. The molecule has 0 bridgehead atoms. The minimum absolute atomic E-state index is 0.0722. The van der Waals surface area contributed by atoms with Crippen LogP contribution in [0.5, 0.6) is 0 Å². The zero-order valence-corrected chi connectivity index (χ0v) is 19.8. The Morgan fingerprint density at radius 2 is 1.70 bits per heavy atom.